The maximum atomic E-state index is 11.9. The van der Waals surface area contributed by atoms with Crippen molar-refractivity contribution in [3.63, 3.8) is 0 Å². The molecule has 8 nitrogen and oxygen atoms in total. The Labute approximate surface area is 141 Å². The molecule has 1 aromatic heterocycles. The van der Waals surface area contributed by atoms with Crippen molar-refractivity contribution in [2.45, 2.75) is 25.7 Å². The maximum absolute atomic E-state index is 11.9. The van der Waals surface area contributed by atoms with Crippen LogP contribution in [0.1, 0.15) is 25.7 Å². The van der Waals surface area contributed by atoms with Gasteiger partial charge in [-0.1, -0.05) is 0 Å². The van der Waals surface area contributed by atoms with Gasteiger partial charge in [-0.3, -0.25) is 4.79 Å². The quantitative estimate of drug-likeness (QED) is 0.572. The Balaban J connectivity index is 2.11. The van der Waals surface area contributed by atoms with Crippen LogP contribution in [0.2, 0.25) is 0 Å². The normalized spacial score (nSPS) is 20.8. The summed E-state index contributed by atoms with van der Waals surface area (Å²) in [5.74, 6) is 0.582. The predicted molar refractivity (Wildman–Crippen MR) is 90.2 cm³/mol. The molecule has 0 radical (unpaired) electrons. The number of aliphatic hydroxyl groups excluding tert-OH is 1. The molecule has 1 aliphatic rings. The molecule has 1 aromatic rings. The van der Waals surface area contributed by atoms with E-state index in [0.29, 0.717) is 44.2 Å². The molecular weight excluding hydrogens is 312 g/mol. The van der Waals surface area contributed by atoms with Crippen molar-refractivity contribution in [2.75, 3.05) is 50.2 Å². The van der Waals surface area contributed by atoms with Crippen molar-refractivity contribution in [1.82, 2.24) is 9.97 Å². The van der Waals surface area contributed by atoms with Crippen LogP contribution >= 0.6 is 0 Å². The van der Waals surface area contributed by atoms with E-state index in [1.165, 1.54) is 6.33 Å². The molecule has 24 heavy (non-hydrogen) atoms. The van der Waals surface area contributed by atoms with Gasteiger partial charge in [0, 0.05) is 39.4 Å². The van der Waals surface area contributed by atoms with E-state index in [2.05, 4.69) is 15.3 Å². The number of carboxylic acid groups (broad SMARTS) is 1. The van der Waals surface area contributed by atoms with E-state index in [-0.39, 0.29) is 6.61 Å². The second-order valence-corrected chi connectivity index (χ2v) is 6.12. The topological polar surface area (TPSA) is 108 Å². The zero-order valence-corrected chi connectivity index (χ0v) is 14.1. The average molecular weight is 338 g/mol. The summed E-state index contributed by atoms with van der Waals surface area (Å²) in [4.78, 5) is 22.3. The van der Waals surface area contributed by atoms with Gasteiger partial charge >= 0.3 is 5.97 Å². The van der Waals surface area contributed by atoms with Gasteiger partial charge in [0.05, 0.1) is 12.0 Å². The molecule has 1 aliphatic heterocycles. The van der Waals surface area contributed by atoms with Crippen LogP contribution in [-0.4, -0.2) is 66.1 Å². The van der Waals surface area contributed by atoms with Crippen LogP contribution in [0.3, 0.4) is 0 Å². The average Bonchev–Trinajstić information content (AvgIpc) is 2.60. The number of aromatic nitrogens is 2. The molecule has 1 fully saturated rings. The molecule has 2 rings (SSSR count). The van der Waals surface area contributed by atoms with Gasteiger partial charge in [0.1, 0.15) is 18.0 Å². The second-order valence-electron chi connectivity index (χ2n) is 6.12. The molecule has 134 valence electrons. The summed E-state index contributed by atoms with van der Waals surface area (Å²) in [6.45, 7) is 2.20. The largest absolute Gasteiger partial charge is 0.481 e. The SMILES string of the molecule is COCCCC1(C(=O)O)CCCN(c2cc(NCCO)ncn2)C1. The Kier molecular flexibility index (Phi) is 6.74. The minimum absolute atomic E-state index is 0.0185. The standard InChI is InChI=1S/C16H26N4O4/c1-24-9-3-5-16(15(22)23)4-2-7-20(11-16)14-10-13(17-6-8-21)18-12-19-14/h10,12,21H,2-9,11H2,1H3,(H,22,23)(H,17,18,19). The van der Waals surface area contributed by atoms with E-state index in [4.69, 9.17) is 9.84 Å². The van der Waals surface area contributed by atoms with Crippen LogP contribution in [0.15, 0.2) is 12.4 Å². The number of hydrogen-bond donors (Lipinski definition) is 3. The molecule has 3 N–H and O–H groups in total. The van der Waals surface area contributed by atoms with Crippen LogP contribution < -0.4 is 10.2 Å². The molecule has 1 unspecified atom stereocenters. The smallest absolute Gasteiger partial charge is 0.311 e. The lowest BCUT2D eigenvalue weighted by atomic mass is 9.76. The van der Waals surface area contributed by atoms with E-state index in [1.807, 2.05) is 4.90 Å². The highest BCUT2D eigenvalue weighted by molar-refractivity contribution is 5.76. The molecule has 1 atom stereocenters. The Morgan fingerprint density at radius 2 is 2.33 bits per heavy atom. The van der Waals surface area contributed by atoms with Gasteiger partial charge in [-0.15, -0.1) is 0 Å². The fourth-order valence-electron chi connectivity index (χ4n) is 3.17. The van der Waals surface area contributed by atoms with Gasteiger partial charge in [0.25, 0.3) is 0 Å². The molecule has 0 aliphatic carbocycles. The predicted octanol–water partition coefficient (Wildman–Crippen LogP) is 0.979. The van der Waals surface area contributed by atoms with E-state index in [0.717, 1.165) is 19.4 Å². The summed E-state index contributed by atoms with van der Waals surface area (Å²) in [5.41, 5.74) is -0.763. The Bertz CT molecular complexity index is 543. The first-order valence-electron chi connectivity index (χ1n) is 8.25. The first kappa shape index (κ1) is 18.4. The third-order valence-electron chi connectivity index (χ3n) is 4.43. The summed E-state index contributed by atoms with van der Waals surface area (Å²) >= 11 is 0. The van der Waals surface area contributed by atoms with E-state index in [1.54, 1.807) is 13.2 Å². The van der Waals surface area contributed by atoms with Crippen molar-refractivity contribution in [2.24, 2.45) is 5.41 Å². The van der Waals surface area contributed by atoms with Gasteiger partial charge in [-0.05, 0) is 25.7 Å². The van der Waals surface area contributed by atoms with Crippen LogP contribution in [0.4, 0.5) is 11.6 Å². The van der Waals surface area contributed by atoms with Gasteiger partial charge < -0.3 is 25.2 Å². The van der Waals surface area contributed by atoms with Crippen molar-refractivity contribution in [1.29, 1.82) is 0 Å². The van der Waals surface area contributed by atoms with Crippen LogP contribution in [0.5, 0.6) is 0 Å². The molecule has 0 amide bonds. The molecule has 0 spiro atoms. The fraction of sp³-hybridized carbons (Fsp3) is 0.688. The maximum Gasteiger partial charge on any atom is 0.311 e. The summed E-state index contributed by atoms with van der Waals surface area (Å²) in [6, 6.07) is 1.79. The first-order chi connectivity index (χ1) is 11.6. The molecule has 8 heteroatoms. The summed E-state index contributed by atoms with van der Waals surface area (Å²) in [6.07, 6.45) is 4.25. The summed E-state index contributed by atoms with van der Waals surface area (Å²) in [7, 11) is 1.63. The lowest BCUT2D eigenvalue weighted by molar-refractivity contribution is -0.150. The number of nitrogens with zero attached hydrogens (tertiary/aromatic N) is 3. The number of aliphatic carboxylic acids is 1. The number of methoxy groups -OCH3 is 1. The minimum atomic E-state index is -0.763. The monoisotopic (exact) mass is 338 g/mol. The zero-order valence-electron chi connectivity index (χ0n) is 14.1. The molecule has 0 bridgehead atoms. The number of anilines is 2. The van der Waals surface area contributed by atoms with Crippen molar-refractivity contribution in [3.8, 4) is 0 Å². The van der Waals surface area contributed by atoms with Crippen LogP contribution in [0.25, 0.3) is 0 Å². The first-order valence-corrected chi connectivity index (χ1v) is 8.25. The van der Waals surface area contributed by atoms with Crippen molar-refractivity contribution < 1.29 is 19.7 Å². The number of hydrogen-bond acceptors (Lipinski definition) is 7. The molecule has 2 heterocycles. The van der Waals surface area contributed by atoms with Gasteiger partial charge in [-0.2, -0.15) is 0 Å². The second kappa shape index (κ2) is 8.79. The van der Waals surface area contributed by atoms with Gasteiger partial charge in [0.15, 0.2) is 0 Å². The molecule has 0 aromatic carbocycles. The highest BCUT2D eigenvalue weighted by Crippen LogP contribution is 2.36. The third-order valence-corrected chi connectivity index (χ3v) is 4.43. The van der Waals surface area contributed by atoms with E-state index in [9.17, 15) is 9.90 Å². The summed E-state index contributed by atoms with van der Waals surface area (Å²) < 4.78 is 5.07. The van der Waals surface area contributed by atoms with Crippen molar-refractivity contribution in [3.05, 3.63) is 12.4 Å². The Hall–Kier alpha value is -1.93. The molecule has 0 saturated carbocycles. The number of rotatable bonds is 9. The summed E-state index contributed by atoms with van der Waals surface area (Å²) in [5, 5.41) is 21.7. The van der Waals surface area contributed by atoms with Gasteiger partial charge in [0.2, 0.25) is 0 Å². The number of carbonyl (C=O) groups is 1. The molecule has 1 saturated heterocycles. The number of carboxylic acids is 1. The minimum Gasteiger partial charge on any atom is -0.481 e. The van der Waals surface area contributed by atoms with E-state index >= 15 is 0 Å². The van der Waals surface area contributed by atoms with E-state index < -0.39 is 11.4 Å². The van der Waals surface area contributed by atoms with Gasteiger partial charge in [-0.25, -0.2) is 9.97 Å². The highest BCUT2D eigenvalue weighted by atomic mass is 16.5. The zero-order chi connectivity index (χ0) is 17.4. The van der Waals surface area contributed by atoms with Crippen LogP contribution in [-0.2, 0) is 9.53 Å². The number of aliphatic hydroxyl groups is 1. The molecular formula is C16H26N4O4. The number of nitrogens with one attached hydrogen (secondary N) is 1. The van der Waals surface area contributed by atoms with Crippen LogP contribution in [0, 0.1) is 5.41 Å². The lowest BCUT2D eigenvalue weighted by Gasteiger charge is -2.40. The Morgan fingerprint density at radius 3 is 3.04 bits per heavy atom. The number of ether oxygens (including phenoxy) is 1. The van der Waals surface area contributed by atoms with Crippen molar-refractivity contribution >= 4 is 17.6 Å². The lowest BCUT2D eigenvalue weighted by Crippen LogP contribution is -2.48. The highest BCUT2D eigenvalue weighted by Gasteiger charge is 2.42. The fourth-order valence-corrected chi connectivity index (χ4v) is 3.17. The Morgan fingerprint density at radius 1 is 1.50 bits per heavy atom. The number of piperidine rings is 1. The third kappa shape index (κ3) is 4.55.